The molecule has 7 heavy (non-hydrogen) atoms. The summed E-state index contributed by atoms with van der Waals surface area (Å²) in [6.45, 7) is 0. The number of hydrogen-bond donors (Lipinski definition) is 0. The van der Waals surface area contributed by atoms with Crippen LogP contribution in [-0.4, -0.2) is 4.98 Å². The fraction of sp³-hybridized carbons (Fsp3) is 0. The summed E-state index contributed by atoms with van der Waals surface area (Å²) in [5.74, 6) is 0. The second-order valence-electron chi connectivity index (χ2n) is 0.959. The molecule has 2 heteroatoms. The Bertz CT molecular complexity index is 80.0. The zero-order valence-electron chi connectivity index (χ0n) is 4.26. The van der Waals surface area contributed by atoms with E-state index in [4.69, 9.17) is 0 Å². The van der Waals surface area contributed by atoms with Gasteiger partial charge >= 0.3 is 18.9 Å². The Morgan fingerprint density at radius 3 is 2.29 bits per heavy atom. The minimum atomic E-state index is 0. The molecule has 0 unspecified atom stereocenters. The first kappa shape index (κ1) is 6.75. The summed E-state index contributed by atoms with van der Waals surface area (Å²) in [6.07, 6.45) is 4.34. The molecule has 0 aliphatic carbocycles. The Kier molecular flexibility index (Phi) is 3.78. The van der Waals surface area contributed by atoms with Crippen LogP contribution in [0.3, 0.4) is 0 Å². The van der Waals surface area contributed by atoms with Gasteiger partial charge in [-0.1, -0.05) is 12.4 Å². The van der Waals surface area contributed by atoms with Crippen LogP contribution in [0, 0.1) is 6.20 Å². The van der Waals surface area contributed by atoms with Crippen LogP contribution >= 0.6 is 0 Å². The fourth-order valence-electron chi connectivity index (χ4n) is 0.277. The molecule has 1 rings (SSSR count). The van der Waals surface area contributed by atoms with Gasteiger partial charge in [0.05, 0.1) is 0 Å². The third-order valence-corrected chi connectivity index (χ3v) is 0.517. The Morgan fingerprint density at radius 2 is 2.14 bits per heavy atom. The van der Waals surface area contributed by atoms with Crippen LogP contribution in [0.25, 0.3) is 0 Å². The van der Waals surface area contributed by atoms with Crippen molar-refractivity contribution in [1.29, 1.82) is 0 Å². The molecule has 30 valence electrons. The first-order valence-electron chi connectivity index (χ1n) is 1.77. The van der Waals surface area contributed by atoms with Crippen LogP contribution in [-0.2, 0) is 0 Å². The van der Waals surface area contributed by atoms with Crippen molar-refractivity contribution in [3.05, 3.63) is 30.6 Å². The number of pyridine rings is 1. The van der Waals surface area contributed by atoms with Gasteiger partial charge in [-0.2, -0.15) is 18.2 Å². The first-order chi connectivity index (χ1) is 3.00. The van der Waals surface area contributed by atoms with E-state index in [1.165, 1.54) is 0 Å². The minimum Gasteiger partial charge on any atom is -0.394 e. The van der Waals surface area contributed by atoms with Crippen LogP contribution in [0.4, 0.5) is 0 Å². The monoisotopic (exact) mass is 85.1 g/mol. The van der Waals surface area contributed by atoms with Crippen molar-refractivity contribution in [2.45, 2.75) is 0 Å². The molecule has 0 saturated heterocycles. The topological polar surface area (TPSA) is 12.9 Å². The van der Waals surface area contributed by atoms with Crippen LogP contribution in [0.15, 0.2) is 24.4 Å². The Hall–Kier alpha value is -0.253. The SMILES string of the molecule is [Li+].[c-]1ccccn1. The van der Waals surface area contributed by atoms with E-state index in [0.717, 1.165) is 0 Å². The zero-order valence-corrected chi connectivity index (χ0v) is 4.26. The molecule has 0 bridgehead atoms. The summed E-state index contributed by atoms with van der Waals surface area (Å²) in [6, 6.07) is 5.50. The average molecular weight is 85.0 g/mol. The van der Waals surface area contributed by atoms with Crippen molar-refractivity contribution in [2.24, 2.45) is 0 Å². The predicted molar refractivity (Wildman–Crippen MR) is 23.1 cm³/mol. The molecule has 0 radical (unpaired) electrons. The molecule has 0 fully saturated rings. The molecule has 1 aromatic rings. The third-order valence-electron chi connectivity index (χ3n) is 0.517. The molecule has 0 amide bonds. The largest absolute Gasteiger partial charge is 1.00 e. The Labute approximate surface area is 54.9 Å². The molecule has 1 heterocycles. The summed E-state index contributed by atoms with van der Waals surface area (Å²) in [4.78, 5) is 3.66. The molecule has 0 atom stereocenters. The number of aromatic nitrogens is 1. The van der Waals surface area contributed by atoms with E-state index in [-0.39, 0.29) is 18.9 Å². The van der Waals surface area contributed by atoms with Crippen molar-refractivity contribution >= 4 is 0 Å². The standard InChI is InChI=1S/C5H4N.Li/c1-2-4-6-5-3-1;/h1-4H;/q-1;+1. The minimum absolute atomic E-state index is 0. The van der Waals surface area contributed by atoms with Crippen LogP contribution < -0.4 is 18.9 Å². The molecule has 1 nitrogen and oxygen atoms in total. The van der Waals surface area contributed by atoms with Gasteiger partial charge in [0.25, 0.3) is 0 Å². The van der Waals surface area contributed by atoms with E-state index >= 15 is 0 Å². The van der Waals surface area contributed by atoms with Crippen molar-refractivity contribution in [3.8, 4) is 0 Å². The van der Waals surface area contributed by atoms with Crippen molar-refractivity contribution in [3.63, 3.8) is 0 Å². The molecule has 0 N–H and O–H groups in total. The fourth-order valence-corrected chi connectivity index (χ4v) is 0.277. The number of rotatable bonds is 0. The molecule has 0 aliphatic rings. The van der Waals surface area contributed by atoms with Gasteiger partial charge in [0.1, 0.15) is 0 Å². The molecule has 0 saturated carbocycles. The maximum Gasteiger partial charge on any atom is 1.00 e. The average Bonchev–Trinajstić information content (AvgIpc) is 1.72. The molecule has 1 aromatic heterocycles. The van der Waals surface area contributed by atoms with Crippen molar-refractivity contribution in [1.82, 2.24) is 4.98 Å². The first-order valence-corrected chi connectivity index (χ1v) is 1.77. The van der Waals surface area contributed by atoms with E-state index in [9.17, 15) is 0 Å². The smallest absolute Gasteiger partial charge is 0.394 e. The maximum absolute atomic E-state index is 3.66. The van der Waals surface area contributed by atoms with Gasteiger partial charge in [0.2, 0.25) is 0 Å². The van der Waals surface area contributed by atoms with Crippen LogP contribution in [0.5, 0.6) is 0 Å². The predicted octanol–water partition coefficient (Wildman–Crippen LogP) is -2.11. The van der Waals surface area contributed by atoms with Gasteiger partial charge in [0.15, 0.2) is 0 Å². The summed E-state index contributed by atoms with van der Waals surface area (Å²) >= 11 is 0. The van der Waals surface area contributed by atoms with E-state index in [1.54, 1.807) is 12.3 Å². The quantitative estimate of drug-likeness (QED) is 0.259. The van der Waals surface area contributed by atoms with Gasteiger partial charge in [-0.15, -0.1) is 0 Å². The van der Waals surface area contributed by atoms with Gasteiger partial charge < -0.3 is 4.98 Å². The normalized spacial score (nSPS) is 6.86. The van der Waals surface area contributed by atoms with Gasteiger partial charge in [-0.25, -0.2) is 0 Å². The third kappa shape index (κ3) is 2.44. The zero-order chi connectivity index (χ0) is 4.24. The second kappa shape index (κ2) is 3.92. The molecular formula is C5H4LiN. The maximum atomic E-state index is 3.66. The Balaban J connectivity index is 0.000000360. The number of nitrogens with zero attached hydrogens (tertiary/aromatic N) is 1. The van der Waals surface area contributed by atoms with Crippen molar-refractivity contribution in [2.75, 3.05) is 0 Å². The van der Waals surface area contributed by atoms with Crippen molar-refractivity contribution < 1.29 is 18.9 Å². The van der Waals surface area contributed by atoms with E-state index < -0.39 is 0 Å². The van der Waals surface area contributed by atoms with Gasteiger partial charge in [-0.3, -0.25) is 0 Å². The summed E-state index contributed by atoms with van der Waals surface area (Å²) in [5.41, 5.74) is 0. The van der Waals surface area contributed by atoms with E-state index in [1.807, 2.05) is 12.1 Å². The molecule has 0 spiro atoms. The summed E-state index contributed by atoms with van der Waals surface area (Å²) in [7, 11) is 0. The molecular weight excluding hydrogens is 81.0 g/mol. The van der Waals surface area contributed by atoms with Gasteiger partial charge in [0, 0.05) is 0 Å². The van der Waals surface area contributed by atoms with E-state index in [0.29, 0.717) is 0 Å². The van der Waals surface area contributed by atoms with Crippen LogP contribution in [0.1, 0.15) is 0 Å². The van der Waals surface area contributed by atoms with Crippen LogP contribution in [0.2, 0.25) is 0 Å². The second-order valence-corrected chi connectivity index (χ2v) is 0.959. The molecule has 0 aromatic carbocycles. The van der Waals surface area contributed by atoms with Gasteiger partial charge in [-0.05, 0) is 0 Å². The molecule has 0 aliphatic heterocycles. The number of hydrogen-bond acceptors (Lipinski definition) is 1. The summed E-state index contributed by atoms with van der Waals surface area (Å²) in [5, 5.41) is 0. The van der Waals surface area contributed by atoms with E-state index in [2.05, 4.69) is 11.2 Å². The Morgan fingerprint density at radius 1 is 1.29 bits per heavy atom. The summed E-state index contributed by atoms with van der Waals surface area (Å²) < 4.78 is 0.